The van der Waals surface area contributed by atoms with Crippen LogP contribution in [0.2, 0.25) is 0 Å². The van der Waals surface area contributed by atoms with E-state index in [0.717, 1.165) is 42.4 Å². The third-order valence-electron chi connectivity index (χ3n) is 3.83. The molecule has 1 aliphatic carbocycles. The van der Waals surface area contributed by atoms with Gasteiger partial charge >= 0.3 is 0 Å². The van der Waals surface area contributed by atoms with E-state index >= 15 is 0 Å². The molecule has 0 saturated carbocycles. The third-order valence-corrected chi connectivity index (χ3v) is 3.83. The molecule has 0 fully saturated rings. The molecule has 0 saturated heterocycles. The summed E-state index contributed by atoms with van der Waals surface area (Å²) in [4.78, 5) is 13.9. The number of aliphatic hydroxyl groups excluding tert-OH is 1. The average Bonchev–Trinajstić information content (AvgIpc) is 2.66. The summed E-state index contributed by atoms with van der Waals surface area (Å²) in [5, 5.41) is 10.3. The quantitative estimate of drug-likeness (QED) is 0.865. The van der Waals surface area contributed by atoms with Crippen molar-refractivity contribution >= 4 is 5.91 Å². The van der Waals surface area contributed by atoms with E-state index in [2.05, 4.69) is 0 Å². The van der Waals surface area contributed by atoms with E-state index in [0.29, 0.717) is 6.54 Å². The van der Waals surface area contributed by atoms with Crippen LogP contribution < -0.4 is 0 Å². The summed E-state index contributed by atoms with van der Waals surface area (Å²) < 4.78 is 0. The highest BCUT2D eigenvalue weighted by molar-refractivity contribution is 5.97. The van der Waals surface area contributed by atoms with Gasteiger partial charge in [0.1, 0.15) is 0 Å². The second kappa shape index (κ2) is 4.58. The highest BCUT2D eigenvalue weighted by Crippen LogP contribution is 2.35. The number of aliphatic hydroxyl groups is 1. The summed E-state index contributed by atoms with van der Waals surface area (Å²) in [6.45, 7) is 0.494. The van der Waals surface area contributed by atoms with Gasteiger partial charge in [0.15, 0.2) is 6.23 Å². The standard InChI is InChI=1S/C15H17NO2/c17-14-12-8-4-5-9-13(12)15(18)16(14)10-11-6-2-1-3-7-11/h1-3,6-7,14,17H,4-5,8-10H2/t14-/m0/s1. The van der Waals surface area contributed by atoms with Crippen LogP contribution in [0.5, 0.6) is 0 Å². The minimum absolute atomic E-state index is 0.0288. The molecular formula is C15H17NO2. The zero-order valence-electron chi connectivity index (χ0n) is 10.3. The molecule has 1 amide bonds. The highest BCUT2D eigenvalue weighted by Gasteiger charge is 2.38. The van der Waals surface area contributed by atoms with E-state index in [9.17, 15) is 9.90 Å². The molecule has 0 aromatic heterocycles. The molecule has 0 unspecified atom stereocenters. The maximum absolute atomic E-state index is 12.3. The van der Waals surface area contributed by atoms with Crippen molar-refractivity contribution in [2.45, 2.75) is 38.5 Å². The van der Waals surface area contributed by atoms with Crippen LogP contribution in [0, 0.1) is 0 Å². The van der Waals surface area contributed by atoms with Crippen molar-refractivity contribution in [3.8, 4) is 0 Å². The molecule has 0 bridgehead atoms. The zero-order valence-corrected chi connectivity index (χ0v) is 10.3. The molecular weight excluding hydrogens is 226 g/mol. The lowest BCUT2D eigenvalue weighted by Crippen LogP contribution is -2.34. The van der Waals surface area contributed by atoms with Gasteiger partial charge in [0, 0.05) is 12.1 Å². The van der Waals surface area contributed by atoms with Crippen LogP contribution in [0.3, 0.4) is 0 Å². The number of amides is 1. The summed E-state index contributed by atoms with van der Waals surface area (Å²) in [5.74, 6) is 0.0288. The molecule has 1 atom stereocenters. The van der Waals surface area contributed by atoms with Crippen LogP contribution in [-0.2, 0) is 11.3 Å². The Labute approximate surface area is 107 Å². The summed E-state index contributed by atoms with van der Waals surface area (Å²) in [5.41, 5.74) is 2.89. The van der Waals surface area contributed by atoms with Gasteiger partial charge in [0.25, 0.3) is 5.91 Å². The lowest BCUT2D eigenvalue weighted by molar-refractivity contribution is -0.132. The van der Waals surface area contributed by atoms with Gasteiger partial charge in [-0.1, -0.05) is 30.3 Å². The molecule has 18 heavy (non-hydrogen) atoms. The monoisotopic (exact) mass is 243 g/mol. The summed E-state index contributed by atoms with van der Waals surface area (Å²) in [7, 11) is 0. The Morgan fingerprint density at radius 3 is 2.61 bits per heavy atom. The first kappa shape index (κ1) is 11.5. The van der Waals surface area contributed by atoms with Gasteiger partial charge in [0.05, 0.1) is 0 Å². The normalized spacial score (nSPS) is 23.5. The topological polar surface area (TPSA) is 40.5 Å². The van der Waals surface area contributed by atoms with Crippen LogP contribution >= 0.6 is 0 Å². The number of carbonyl (C=O) groups is 1. The molecule has 3 rings (SSSR count). The van der Waals surface area contributed by atoms with Crippen LogP contribution in [0.25, 0.3) is 0 Å². The number of carbonyl (C=O) groups excluding carboxylic acids is 1. The third kappa shape index (κ3) is 1.85. The Morgan fingerprint density at radius 2 is 1.89 bits per heavy atom. The molecule has 0 radical (unpaired) electrons. The van der Waals surface area contributed by atoms with Crippen molar-refractivity contribution in [1.82, 2.24) is 4.90 Å². The second-order valence-electron chi connectivity index (χ2n) is 5.00. The van der Waals surface area contributed by atoms with Crippen molar-refractivity contribution in [3.05, 3.63) is 47.0 Å². The smallest absolute Gasteiger partial charge is 0.252 e. The Morgan fingerprint density at radius 1 is 1.17 bits per heavy atom. The zero-order chi connectivity index (χ0) is 12.5. The molecule has 1 aliphatic heterocycles. The van der Waals surface area contributed by atoms with Crippen molar-refractivity contribution in [2.75, 3.05) is 0 Å². The fourth-order valence-corrected chi connectivity index (χ4v) is 2.87. The fraction of sp³-hybridized carbons (Fsp3) is 0.400. The SMILES string of the molecule is O=C1C2=C(CCCC2)[C@H](O)N1Cc1ccccc1. The van der Waals surface area contributed by atoms with Gasteiger partial charge in [-0.2, -0.15) is 0 Å². The maximum atomic E-state index is 12.3. The van der Waals surface area contributed by atoms with E-state index in [1.165, 1.54) is 0 Å². The highest BCUT2D eigenvalue weighted by atomic mass is 16.3. The number of rotatable bonds is 2. The minimum Gasteiger partial charge on any atom is -0.369 e. The predicted octanol–water partition coefficient (Wildman–Crippen LogP) is 2.22. The maximum Gasteiger partial charge on any atom is 0.252 e. The minimum atomic E-state index is -0.701. The first-order valence-corrected chi connectivity index (χ1v) is 6.52. The van der Waals surface area contributed by atoms with Gasteiger partial charge in [-0.05, 0) is 36.8 Å². The largest absolute Gasteiger partial charge is 0.369 e. The van der Waals surface area contributed by atoms with Crippen LogP contribution in [-0.4, -0.2) is 22.1 Å². The molecule has 1 N–H and O–H groups in total. The number of benzene rings is 1. The van der Waals surface area contributed by atoms with Crippen molar-refractivity contribution < 1.29 is 9.90 Å². The second-order valence-corrected chi connectivity index (χ2v) is 5.00. The van der Waals surface area contributed by atoms with Gasteiger partial charge < -0.3 is 10.0 Å². The molecule has 3 nitrogen and oxygen atoms in total. The molecule has 1 heterocycles. The summed E-state index contributed by atoms with van der Waals surface area (Å²) >= 11 is 0. The van der Waals surface area contributed by atoms with E-state index in [1.807, 2.05) is 30.3 Å². The molecule has 2 aliphatic rings. The predicted molar refractivity (Wildman–Crippen MR) is 68.5 cm³/mol. The molecule has 1 aromatic carbocycles. The van der Waals surface area contributed by atoms with Crippen LogP contribution in [0.15, 0.2) is 41.5 Å². The Balaban J connectivity index is 1.82. The Bertz CT molecular complexity index is 492. The molecule has 3 heteroatoms. The summed E-state index contributed by atoms with van der Waals surface area (Å²) in [6, 6.07) is 9.83. The first-order valence-electron chi connectivity index (χ1n) is 6.52. The fourth-order valence-electron chi connectivity index (χ4n) is 2.87. The Kier molecular flexibility index (Phi) is 2.92. The number of hydrogen-bond donors (Lipinski definition) is 1. The van der Waals surface area contributed by atoms with E-state index in [4.69, 9.17) is 0 Å². The molecule has 1 aromatic rings. The van der Waals surface area contributed by atoms with Gasteiger partial charge in [-0.25, -0.2) is 0 Å². The first-order chi connectivity index (χ1) is 8.77. The van der Waals surface area contributed by atoms with E-state index < -0.39 is 6.23 Å². The van der Waals surface area contributed by atoms with Crippen molar-refractivity contribution in [1.29, 1.82) is 0 Å². The Hall–Kier alpha value is -1.61. The lowest BCUT2D eigenvalue weighted by atomic mass is 9.93. The molecule has 0 spiro atoms. The van der Waals surface area contributed by atoms with Crippen LogP contribution in [0.4, 0.5) is 0 Å². The van der Waals surface area contributed by atoms with E-state index in [-0.39, 0.29) is 5.91 Å². The average molecular weight is 243 g/mol. The van der Waals surface area contributed by atoms with Crippen molar-refractivity contribution in [2.24, 2.45) is 0 Å². The summed E-state index contributed by atoms with van der Waals surface area (Å²) in [6.07, 6.45) is 3.15. The van der Waals surface area contributed by atoms with Gasteiger partial charge in [0.2, 0.25) is 0 Å². The molecule has 94 valence electrons. The van der Waals surface area contributed by atoms with Crippen LogP contribution in [0.1, 0.15) is 31.2 Å². The number of hydrogen-bond acceptors (Lipinski definition) is 2. The lowest BCUT2D eigenvalue weighted by Gasteiger charge is -2.22. The van der Waals surface area contributed by atoms with E-state index in [1.54, 1.807) is 4.90 Å². The number of nitrogens with zero attached hydrogens (tertiary/aromatic N) is 1. The van der Waals surface area contributed by atoms with Gasteiger partial charge in [-0.3, -0.25) is 4.79 Å². The van der Waals surface area contributed by atoms with Crippen molar-refractivity contribution in [3.63, 3.8) is 0 Å². The van der Waals surface area contributed by atoms with Gasteiger partial charge in [-0.15, -0.1) is 0 Å².